The van der Waals surface area contributed by atoms with Gasteiger partial charge in [-0.1, -0.05) is 72.3 Å². The number of fused-ring (bicyclic) bond motifs is 1. The largest absolute Gasteiger partial charge is 0.354 e. The molecule has 0 saturated heterocycles. The third-order valence-electron chi connectivity index (χ3n) is 4.08. The summed E-state index contributed by atoms with van der Waals surface area (Å²) in [7, 11) is 0. The quantitative estimate of drug-likeness (QED) is 0.478. The molecule has 0 bridgehead atoms. The van der Waals surface area contributed by atoms with E-state index in [2.05, 4.69) is 90.8 Å². The van der Waals surface area contributed by atoms with E-state index in [-0.39, 0.29) is 0 Å². The minimum absolute atomic E-state index is 1.18. The highest BCUT2D eigenvalue weighted by Crippen LogP contribution is 2.38. The van der Waals surface area contributed by atoms with Crippen molar-refractivity contribution in [1.82, 2.24) is 4.98 Å². The molecule has 3 aromatic carbocycles. The fourth-order valence-electron chi connectivity index (χ4n) is 3.03. The molecule has 1 heteroatoms. The van der Waals surface area contributed by atoms with Crippen molar-refractivity contribution < 1.29 is 0 Å². The van der Waals surface area contributed by atoms with Gasteiger partial charge in [-0.2, -0.15) is 0 Å². The number of aryl methyl sites for hydroxylation is 1. The van der Waals surface area contributed by atoms with Crippen LogP contribution < -0.4 is 0 Å². The first kappa shape index (κ1) is 12.9. The molecule has 0 unspecified atom stereocenters. The summed E-state index contributed by atoms with van der Waals surface area (Å²) in [4.78, 5) is 3.61. The van der Waals surface area contributed by atoms with Crippen molar-refractivity contribution >= 4 is 10.9 Å². The van der Waals surface area contributed by atoms with Crippen LogP contribution in [0.4, 0.5) is 0 Å². The zero-order valence-electron chi connectivity index (χ0n) is 12.5. The number of aromatic amines is 1. The Kier molecular flexibility index (Phi) is 3.05. The van der Waals surface area contributed by atoms with Gasteiger partial charge in [0.2, 0.25) is 0 Å². The van der Waals surface area contributed by atoms with E-state index < -0.39 is 0 Å². The fourth-order valence-corrected chi connectivity index (χ4v) is 3.03. The van der Waals surface area contributed by atoms with Crippen LogP contribution in [0.3, 0.4) is 0 Å². The first-order chi connectivity index (χ1) is 10.8. The molecule has 0 aliphatic carbocycles. The highest BCUT2D eigenvalue weighted by Gasteiger charge is 2.14. The molecule has 0 saturated carbocycles. The predicted octanol–water partition coefficient (Wildman–Crippen LogP) is 5.81. The van der Waals surface area contributed by atoms with E-state index >= 15 is 0 Å². The second kappa shape index (κ2) is 5.19. The Morgan fingerprint density at radius 1 is 0.682 bits per heavy atom. The first-order valence-corrected chi connectivity index (χ1v) is 7.56. The first-order valence-electron chi connectivity index (χ1n) is 7.56. The zero-order valence-corrected chi connectivity index (χ0v) is 12.5. The highest BCUT2D eigenvalue weighted by molar-refractivity contribution is 6.04. The molecule has 0 fully saturated rings. The van der Waals surface area contributed by atoms with Gasteiger partial charge in [0.15, 0.2) is 0 Å². The highest BCUT2D eigenvalue weighted by atomic mass is 14.7. The van der Waals surface area contributed by atoms with Crippen LogP contribution in [-0.2, 0) is 0 Å². The van der Waals surface area contributed by atoms with Crippen LogP contribution in [0.15, 0.2) is 78.9 Å². The number of hydrogen-bond acceptors (Lipinski definition) is 0. The van der Waals surface area contributed by atoms with Crippen molar-refractivity contribution in [2.45, 2.75) is 6.92 Å². The van der Waals surface area contributed by atoms with Gasteiger partial charge in [0, 0.05) is 16.5 Å². The summed E-state index contributed by atoms with van der Waals surface area (Å²) in [5.41, 5.74) is 7.40. The number of aromatic nitrogens is 1. The molecule has 0 radical (unpaired) electrons. The van der Waals surface area contributed by atoms with E-state index in [1.54, 1.807) is 0 Å². The van der Waals surface area contributed by atoms with Gasteiger partial charge in [0.05, 0.1) is 5.69 Å². The Bertz CT molecular complexity index is 918. The number of hydrogen-bond donors (Lipinski definition) is 1. The second-order valence-electron chi connectivity index (χ2n) is 5.66. The summed E-state index contributed by atoms with van der Waals surface area (Å²) < 4.78 is 0. The number of rotatable bonds is 2. The average molecular weight is 283 g/mol. The van der Waals surface area contributed by atoms with Crippen molar-refractivity contribution in [3.05, 3.63) is 84.4 Å². The summed E-state index contributed by atoms with van der Waals surface area (Å²) in [5.74, 6) is 0. The molecule has 1 aromatic heterocycles. The lowest BCUT2D eigenvalue weighted by molar-refractivity contribution is 1.44. The summed E-state index contributed by atoms with van der Waals surface area (Å²) in [6, 6.07) is 27.7. The summed E-state index contributed by atoms with van der Waals surface area (Å²) in [6.45, 7) is 2.14. The Morgan fingerprint density at radius 3 is 2.00 bits per heavy atom. The molecular weight excluding hydrogens is 266 g/mol. The molecule has 0 amide bonds. The van der Waals surface area contributed by atoms with Gasteiger partial charge in [0.25, 0.3) is 0 Å². The van der Waals surface area contributed by atoms with Crippen molar-refractivity contribution in [2.24, 2.45) is 0 Å². The van der Waals surface area contributed by atoms with Crippen LogP contribution in [0, 0.1) is 6.92 Å². The summed E-state index contributed by atoms with van der Waals surface area (Å²) >= 11 is 0. The van der Waals surface area contributed by atoms with Crippen molar-refractivity contribution in [3.8, 4) is 22.4 Å². The molecule has 0 atom stereocenters. The molecule has 4 rings (SSSR count). The molecule has 1 N–H and O–H groups in total. The number of nitrogens with one attached hydrogen (secondary N) is 1. The third-order valence-corrected chi connectivity index (χ3v) is 4.08. The molecule has 22 heavy (non-hydrogen) atoms. The molecule has 1 nitrogen and oxygen atoms in total. The van der Waals surface area contributed by atoms with Crippen LogP contribution in [-0.4, -0.2) is 4.98 Å². The van der Waals surface area contributed by atoms with Crippen LogP contribution in [0.5, 0.6) is 0 Å². The number of H-pyrrole nitrogens is 1. The molecule has 1 heterocycles. The fraction of sp³-hybridized carbons (Fsp3) is 0.0476. The minimum atomic E-state index is 1.18. The Balaban J connectivity index is 2.08. The van der Waals surface area contributed by atoms with Gasteiger partial charge in [-0.05, 0) is 30.2 Å². The van der Waals surface area contributed by atoms with E-state index in [4.69, 9.17) is 0 Å². The van der Waals surface area contributed by atoms with Gasteiger partial charge in [0.1, 0.15) is 0 Å². The predicted molar refractivity (Wildman–Crippen MR) is 93.9 cm³/mol. The van der Waals surface area contributed by atoms with Crippen molar-refractivity contribution in [3.63, 3.8) is 0 Å². The molecule has 106 valence electrons. The maximum absolute atomic E-state index is 3.61. The third kappa shape index (κ3) is 2.11. The van der Waals surface area contributed by atoms with Crippen molar-refractivity contribution in [1.29, 1.82) is 0 Å². The zero-order chi connectivity index (χ0) is 14.9. The molecule has 4 aromatic rings. The minimum Gasteiger partial charge on any atom is -0.354 e. The van der Waals surface area contributed by atoms with Gasteiger partial charge in [-0.15, -0.1) is 0 Å². The molecular formula is C21H17N. The van der Waals surface area contributed by atoms with Crippen LogP contribution >= 0.6 is 0 Å². The van der Waals surface area contributed by atoms with Gasteiger partial charge in [-0.3, -0.25) is 0 Å². The topological polar surface area (TPSA) is 15.8 Å². The monoisotopic (exact) mass is 283 g/mol. The Labute approximate surface area is 130 Å². The molecule has 0 aliphatic heterocycles. The summed E-state index contributed by atoms with van der Waals surface area (Å²) in [6.07, 6.45) is 0. The normalized spacial score (nSPS) is 11.0. The average Bonchev–Trinajstić information content (AvgIpc) is 2.95. The maximum atomic E-state index is 3.61. The van der Waals surface area contributed by atoms with Crippen molar-refractivity contribution in [2.75, 3.05) is 0 Å². The van der Waals surface area contributed by atoms with Gasteiger partial charge >= 0.3 is 0 Å². The van der Waals surface area contributed by atoms with E-state index in [1.165, 1.54) is 38.9 Å². The van der Waals surface area contributed by atoms with Crippen LogP contribution in [0.2, 0.25) is 0 Å². The smallest absolute Gasteiger partial charge is 0.0544 e. The van der Waals surface area contributed by atoms with Gasteiger partial charge in [-0.25, -0.2) is 0 Å². The summed E-state index contributed by atoms with van der Waals surface area (Å²) in [5, 5.41) is 1.28. The molecule has 0 aliphatic rings. The van der Waals surface area contributed by atoms with E-state index in [0.717, 1.165) is 0 Å². The Morgan fingerprint density at radius 2 is 1.32 bits per heavy atom. The van der Waals surface area contributed by atoms with E-state index in [0.29, 0.717) is 0 Å². The lowest BCUT2D eigenvalue weighted by atomic mass is 9.98. The lowest BCUT2D eigenvalue weighted by Crippen LogP contribution is -1.82. The van der Waals surface area contributed by atoms with Gasteiger partial charge < -0.3 is 4.98 Å². The Hall–Kier alpha value is -2.80. The standard InChI is InChI=1S/C21H17N/c1-15-12-13-19-18(14-15)20(16-8-4-2-5-9-16)21(22-19)17-10-6-3-7-11-17/h2-14,22H,1H3. The van der Waals surface area contributed by atoms with E-state index in [1.807, 2.05) is 0 Å². The van der Waals surface area contributed by atoms with E-state index in [9.17, 15) is 0 Å². The SMILES string of the molecule is Cc1ccc2[nH]c(-c3ccccc3)c(-c3ccccc3)c2c1. The maximum Gasteiger partial charge on any atom is 0.0544 e. The van der Waals surface area contributed by atoms with Crippen LogP contribution in [0.1, 0.15) is 5.56 Å². The number of benzene rings is 3. The second-order valence-corrected chi connectivity index (χ2v) is 5.66. The lowest BCUT2D eigenvalue weighted by Gasteiger charge is -2.06. The van der Waals surface area contributed by atoms with Crippen LogP contribution in [0.25, 0.3) is 33.3 Å². The molecule has 0 spiro atoms.